The number of likely N-dealkylation sites (N-methyl/N-ethyl adjacent to an activating group) is 1. The van der Waals surface area contributed by atoms with Crippen molar-refractivity contribution in [2.45, 2.75) is 56.3 Å². The lowest BCUT2D eigenvalue weighted by molar-refractivity contribution is -0.133. The molecule has 0 saturated heterocycles. The van der Waals surface area contributed by atoms with Gasteiger partial charge in [0.1, 0.15) is 5.82 Å². The van der Waals surface area contributed by atoms with Gasteiger partial charge in [-0.25, -0.2) is 0 Å². The number of hydrogen-bond acceptors (Lipinski definition) is 6. The van der Waals surface area contributed by atoms with Crippen molar-refractivity contribution < 1.29 is 9.59 Å². The minimum atomic E-state index is -0.134. The van der Waals surface area contributed by atoms with E-state index in [-0.39, 0.29) is 24.1 Å². The average molecular weight is 420 g/mol. The van der Waals surface area contributed by atoms with Crippen molar-refractivity contribution in [2.24, 2.45) is 0 Å². The Morgan fingerprint density at radius 3 is 2.79 bits per heavy atom. The lowest BCUT2D eigenvalue weighted by Crippen LogP contribution is -2.41. The number of aromatic nitrogens is 3. The van der Waals surface area contributed by atoms with Crippen molar-refractivity contribution >= 4 is 34.9 Å². The van der Waals surface area contributed by atoms with Crippen LogP contribution in [0.3, 0.4) is 0 Å². The minimum Gasteiger partial charge on any atom is -0.350 e. The average Bonchev–Trinajstić information content (AvgIpc) is 3.63. The molecule has 2 amide bonds. The van der Waals surface area contributed by atoms with Crippen LogP contribution in [0.25, 0.3) is 0 Å². The first-order valence-electron chi connectivity index (χ1n) is 9.80. The fourth-order valence-corrected chi connectivity index (χ4v) is 4.66. The molecular formula is C19H25N5O2S2. The molecule has 28 heavy (non-hydrogen) atoms. The van der Waals surface area contributed by atoms with E-state index in [1.807, 2.05) is 24.4 Å². The summed E-state index contributed by atoms with van der Waals surface area (Å²) in [5.74, 6) is 1.75. The number of carbonyl (C=O) groups is 2. The molecule has 0 bridgehead atoms. The van der Waals surface area contributed by atoms with Crippen LogP contribution in [-0.4, -0.2) is 50.3 Å². The van der Waals surface area contributed by atoms with Gasteiger partial charge in [0.05, 0.1) is 18.8 Å². The largest absolute Gasteiger partial charge is 0.350 e. The monoisotopic (exact) mass is 419 g/mol. The van der Waals surface area contributed by atoms with Crippen LogP contribution >= 0.6 is 23.1 Å². The zero-order valence-corrected chi connectivity index (χ0v) is 17.6. The van der Waals surface area contributed by atoms with Crippen molar-refractivity contribution in [2.75, 3.05) is 18.8 Å². The lowest BCUT2D eigenvalue weighted by Gasteiger charge is -2.20. The fraction of sp³-hybridized carbons (Fsp3) is 0.579. The molecule has 9 heteroatoms. The molecule has 0 aliphatic heterocycles. The second kappa shape index (κ2) is 8.65. The highest BCUT2D eigenvalue weighted by Gasteiger charge is 2.36. The van der Waals surface area contributed by atoms with E-state index in [9.17, 15) is 9.59 Å². The van der Waals surface area contributed by atoms with Crippen molar-refractivity contribution in [1.82, 2.24) is 25.0 Å². The third-order valence-corrected chi connectivity index (χ3v) is 6.78. The molecule has 2 aromatic rings. The van der Waals surface area contributed by atoms with E-state index >= 15 is 0 Å². The van der Waals surface area contributed by atoms with Gasteiger partial charge in [-0.3, -0.25) is 9.59 Å². The summed E-state index contributed by atoms with van der Waals surface area (Å²) in [5.41, 5.74) is 0. The molecule has 0 radical (unpaired) electrons. The SMILES string of the molecule is CCN(CC(=O)NCc1cccs1)C(=O)CSc1nnc(C2CC2)n1C1CC1. The Kier molecular flexibility index (Phi) is 6.01. The molecule has 1 N–H and O–H groups in total. The Bertz CT molecular complexity index is 828. The third kappa shape index (κ3) is 4.75. The van der Waals surface area contributed by atoms with E-state index in [4.69, 9.17) is 0 Å². The summed E-state index contributed by atoms with van der Waals surface area (Å²) >= 11 is 3.04. The van der Waals surface area contributed by atoms with Gasteiger partial charge < -0.3 is 14.8 Å². The van der Waals surface area contributed by atoms with Crippen molar-refractivity contribution in [3.63, 3.8) is 0 Å². The van der Waals surface area contributed by atoms with Gasteiger partial charge >= 0.3 is 0 Å². The molecule has 2 fully saturated rings. The molecule has 0 unspecified atom stereocenters. The highest BCUT2D eigenvalue weighted by Crippen LogP contribution is 2.45. The van der Waals surface area contributed by atoms with Crippen molar-refractivity contribution in [1.29, 1.82) is 0 Å². The van der Waals surface area contributed by atoms with Crippen molar-refractivity contribution in [3.05, 3.63) is 28.2 Å². The van der Waals surface area contributed by atoms with E-state index in [0.29, 0.717) is 25.0 Å². The molecule has 150 valence electrons. The maximum Gasteiger partial charge on any atom is 0.239 e. The molecule has 2 heterocycles. The first-order valence-corrected chi connectivity index (χ1v) is 11.7. The summed E-state index contributed by atoms with van der Waals surface area (Å²) in [6.45, 7) is 3.00. The van der Waals surface area contributed by atoms with E-state index in [1.165, 1.54) is 37.4 Å². The summed E-state index contributed by atoms with van der Waals surface area (Å²) in [6.07, 6.45) is 4.73. The predicted molar refractivity (Wildman–Crippen MR) is 109 cm³/mol. The molecule has 0 spiro atoms. The number of nitrogens with one attached hydrogen (secondary N) is 1. The van der Waals surface area contributed by atoms with Crippen LogP contribution in [-0.2, 0) is 16.1 Å². The highest BCUT2D eigenvalue weighted by molar-refractivity contribution is 7.99. The summed E-state index contributed by atoms with van der Waals surface area (Å²) < 4.78 is 2.25. The van der Waals surface area contributed by atoms with E-state index < -0.39 is 0 Å². The molecule has 2 saturated carbocycles. The molecule has 2 aliphatic rings. The van der Waals surface area contributed by atoms with Gasteiger partial charge in [-0.2, -0.15) is 0 Å². The zero-order chi connectivity index (χ0) is 19.5. The van der Waals surface area contributed by atoms with E-state index in [2.05, 4.69) is 20.1 Å². The standard InChI is InChI=1S/C19H25N5O2S2/c1-2-23(11-16(25)20-10-15-4-3-9-27-15)17(26)12-28-19-22-21-18(13-5-6-13)24(19)14-7-8-14/h3-4,9,13-14H,2,5-8,10-12H2,1H3,(H,20,25). The number of nitrogens with zero attached hydrogens (tertiary/aromatic N) is 4. The molecule has 0 aromatic carbocycles. The van der Waals surface area contributed by atoms with Crippen LogP contribution in [0, 0.1) is 0 Å². The number of hydrogen-bond donors (Lipinski definition) is 1. The second-order valence-electron chi connectivity index (χ2n) is 7.27. The predicted octanol–water partition coefficient (Wildman–Crippen LogP) is 2.81. The summed E-state index contributed by atoms with van der Waals surface area (Å²) in [6, 6.07) is 4.45. The molecule has 7 nitrogen and oxygen atoms in total. The zero-order valence-electron chi connectivity index (χ0n) is 16.0. The molecular weight excluding hydrogens is 394 g/mol. The Morgan fingerprint density at radius 2 is 2.14 bits per heavy atom. The van der Waals surface area contributed by atoms with Crippen LogP contribution in [0.1, 0.15) is 55.3 Å². The Balaban J connectivity index is 1.29. The summed E-state index contributed by atoms with van der Waals surface area (Å²) in [7, 11) is 0. The summed E-state index contributed by atoms with van der Waals surface area (Å²) in [4.78, 5) is 27.5. The normalized spacial score (nSPS) is 16.2. The van der Waals surface area contributed by atoms with Gasteiger partial charge in [-0.1, -0.05) is 17.8 Å². The van der Waals surface area contributed by atoms with Gasteiger partial charge in [0.2, 0.25) is 11.8 Å². The quantitative estimate of drug-likeness (QED) is 0.599. The van der Waals surface area contributed by atoms with Crippen LogP contribution in [0.5, 0.6) is 0 Å². The van der Waals surface area contributed by atoms with Gasteiger partial charge in [-0.15, -0.1) is 21.5 Å². The Hall–Kier alpha value is -1.87. The first-order chi connectivity index (χ1) is 13.7. The number of rotatable bonds is 10. The Morgan fingerprint density at radius 1 is 1.32 bits per heavy atom. The molecule has 2 aromatic heterocycles. The van der Waals surface area contributed by atoms with Crippen LogP contribution in [0.15, 0.2) is 22.7 Å². The molecule has 4 rings (SSSR count). The van der Waals surface area contributed by atoms with Gasteiger partial charge in [0, 0.05) is 23.4 Å². The number of amides is 2. The van der Waals surface area contributed by atoms with Gasteiger partial charge in [0.25, 0.3) is 0 Å². The van der Waals surface area contributed by atoms with Gasteiger partial charge in [-0.05, 0) is 44.1 Å². The maximum atomic E-state index is 12.6. The number of thioether (sulfide) groups is 1. The summed E-state index contributed by atoms with van der Waals surface area (Å²) in [5, 5.41) is 14.4. The number of carbonyl (C=O) groups excluding carboxylic acids is 2. The smallest absolute Gasteiger partial charge is 0.239 e. The van der Waals surface area contributed by atoms with Gasteiger partial charge in [0.15, 0.2) is 5.16 Å². The maximum absolute atomic E-state index is 12.6. The third-order valence-electron chi connectivity index (χ3n) is 4.98. The molecule has 2 aliphatic carbocycles. The second-order valence-corrected chi connectivity index (χ2v) is 9.24. The first kappa shape index (κ1) is 19.4. The topological polar surface area (TPSA) is 80.1 Å². The van der Waals surface area contributed by atoms with E-state index in [1.54, 1.807) is 16.2 Å². The number of thiophene rings is 1. The van der Waals surface area contributed by atoms with Crippen molar-refractivity contribution in [3.8, 4) is 0 Å². The molecule has 0 atom stereocenters. The lowest BCUT2D eigenvalue weighted by atomic mass is 10.4. The van der Waals surface area contributed by atoms with Crippen LogP contribution in [0.4, 0.5) is 0 Å². The Labute approximate surface area is 172 Å². The van der Waals surface area contributed by atoms with E-state index in [0.717, 1.165) is 15.9 Å². The van der Waals surface area contributed by atoms with Crippen LogP contribution in [0.2, 0.25) is 0 Å². The van der Waals surface area contributed by atoms with Crippen LogP contribution < -0.4 is 5.32 Å². The fourth-order valence-electron chi connectivity index (χ4n) is 3.10. The highest BCUT2D eigenvalue weighted by atomic mass is 32.2. The minimum absolute atomic E-state index is 0.0444.